The van der Waals surface area contributed by atoms with Crippen LogP contribution < -0.4 is 10.6 Å². The zero-order chi connectivity index (χ0) is 19.0. The zero-order valence-electron chi connectivity index (χ0n) is 17.3. The third-order valence-electron chi connectivity index (χ3n) is 6.39. The fourth-order valence-electron chi connectivity index (χ4n) is 4.78. The maximum absolute atomic E-state index is 4.93. The highest BCUT2D eigenvalue weighted by Crippen LogP contribution is 2.23. The Morgan fingerprint density at radius 3 is 2.75 bits per heavy atom. The van der Waals surface area contributed by atoms with Gasteiger partial charge in [-0.3, -0.25) is 4.68 Å². The van der Waals surface area contributed by atoms with E-state index in [0.29, 0.717) is 0 Å². The summed E-state index contributed by atoms with van der Waals surface area (Å²) in [5, 5.41) is 13.5. The van der Waals surface area contributed by atoms with E-state index in [1.807, 2.05) is 0 Å². The molecule has 0 bridgehead atoms. The Morgan fingerprint density at radius 1 is 1.00 bits per heavy atom. The van der Waals surface area contributed by atoms with E-state index in [1.165, 1.54) is 94.9 Å². The number of anilines is 1. The van der Waals surface area contributed by atoms with E-state index in [2.05, 4.69) is 44.5 Å². The molecule has 2 N–H and O–H groups in total. The van der Waals surface area contributed by atoms with Gasteiger partial charge in [-0.25, -0.2) is 0 Å². The van der Waals surface area contributed by atoms with Gasteiger partial charge < -0.3 is 15.5 Å². The highest BCUT2D eigenvalue weighted by atomic mass is 15.3. The van der Waals surface area contributed by atoms with Gasteiger partial charge in [0.05, 0.1) is 5.52 Å². The monoisotopic (exact) mass is 383 g/mol. The molecule has 1 atom stereocenters. The number of benzene rings is 1. The predicted molar refractivity (Wildman–Crippen MR) is 118 cm³/mol. The first kappa shape index (κ1) is 19.7. The third kappa shape index (κ3) is 5.26. The largest absolute Gasteiger partial charge is 0.368 e. The molecule has 2 aliphatic heterocycles. The molecule has 2 aromatic rings. The van der Waals surface area contributed by atoms with Crippen LogP contribution in [0.15, 0.2) is 24.3 Å². The van der Waals surface area contributed by atoms with Crippen LogP contribution in [-0.4, -0.2) is 53.4 Å². The normalized spacial score (nSPS) is 21.2. The quantitative estimate of drug-likeness (QED) is 0.636. The minimum absolute atomic E-state index is 0.722. The van der Waals surface area contributed by atoms with Crippen LogP contribution in [0.1, 0.15) is 57.8 Å². The highest BCUT2D eigenvalue weighted by molar-refractivity contribution is 5.90. The van der Waals surface area contributed by atoms with E-state index >= 15 is 0 Å². The summed E-state index contributed by atoms with van der Waals surface area (Å²) in [6.45, 7) is 6.97. The standard InChI is InChI=1S/C23H37N5/c1-6-16-27(17-7-1)18-9-19-28-22-13-3-2-12-21(22)23(26-28)25-15-8-11-20-10-4-5-14-24-20/h2-3,12-13,20,24H,1,4-11,14-19H2,(H,25,26). The van der Waals surface area contributed by atoms with Gasteiger partial charge in [-0.1, -0.05) is 25.0 Å². The lowest BCUT2D eigenvalue weighted by Crippen LogP contribution is -2.34. The second-order valence-corrected chi connectivity index (χ2v) is 8.56. The second kappa shape index (κ2) is 10.3. The van der Waals surface area contributed by atoms with Gasteiger partial charge in [0.15, 0.2) is 5.82 Å². The Bertz CT molecular complexity index is 713. The number of likely N-dealkylation sites (tertiary alicyclic amines) is 1. The number of hydrogen-bond acceptors (Lipinski definition) is 4. The summed E-state index contributed by atoms with van der Waals surface area (Å²) in [4.78, 5) is 2.62. The van der Waals surface area contributed by atoms with Gasteiger partial charge in [0.2, 0.25) is 0 Å². The van der Waals surface area contributed by atoms with Crippen molar-refractivity contribution in [3.8, 4) is 0 Å². The average molecular weight is 384 g/mol. The van der Waals surface area contributed by atoms with Crippen LogP contribution in [0, 0.1) is 0 Å². The van der Waals surface area contributed by atoms with Crippen LogP contribution in [0.3, 0.4) is 0 Å². The van der Waals surface area contributed by atoms with Crippen molar-refractivity contribution < 1.29 is 0 Å². The first-order chi connectivity index (χ1) is 13.9. The number of fused-ring (bicyclic) bond motifs is 1. The SMILES string of the molecule is c1ccc2c(c1)c(NCCCC1CCCCN1)nn2CCCN1CCCCC1. The van der Waals surface area contributed by atoms with Crippen LogP contribution in [0.5, 0.6) is 0 Å². The van der Waals surface area contributed by atoms with Crippen LogP contribution in [-0.2, 0) is 6.54 Å². The van der Waals surface area contributed by atoms with Gasteiger partial charge >= 0.3 is 0 Å². The number of rotatable bonds is 9. The maximum atomic E-state index is 4.93. The summed E-state index contributed by atoms with van der Waals surface area (Å²) >= 11 is 0. The van der Waals surface area contributed by atoms with Gasteiger partial charge in [-0.2, -0.15) is 5.10 Å². The van der Waals surface area contributed by atoms with E-state index in [4.69, 9.17) is 5.10 Å². The van der Waals surface area contributed by atoms with Crippen molar-refractivity contribution in [1.29, 1.82) is 0 Å². The molecule has 1 aromatic carbocycles. The lowest BCUT2D eigenvalue weighted by atomic mass is 10.0. The van der Waals surface area contributed by atoms with E-state index in [9.17, 15) is 0 Å². The number of aryl methyl sites for hydroxylation is 1. The molecule has 0 amide bonds. The third-order valence-corrected chi connectivity index (χ3v) is 6.39. The predicted octanol–water partition coefficient (Wildman–Crippen LogP) is 4.25. The molecule has 0 spiro atoms. The Morgan fingerprint density at radius 2 is 1.89 bits per heavy atom. The fraction of sp³-hybridized carbons (Fsp3) is 0.696. The molecule has 2 fully saturated rings. The summed E-state index contributed by atoms with van der Waals surface area (Å²) < 4.78 is 2.21. The smallest absolute Gasteiger partial charge is 0.155 e. The Kier molecular flexibility index (Phi) is 7.23. The van der Waals surface area contributed by atoms with Crippen molar-refractivity contribution in [2.24, 2.45) is 0 Å². The van der Waals surface area contributed by atoms with Crippen molar-refractivity contribution in [1.82, 2.24) is 20.0 Å². The number of nitrogens with zero attached hydrogens (tertiary/aromatic N) is 3. The molecule has 154 valence electrons. The van der Waals surface area contributed by atoms with Gasteiger partial charge in [-0.15, -0.1) is 0 Å². The molecule has 2 aliphatic rings. The summed E-state index contributed by atoms with van der Waals surface area (Å²) in [5.41, 5.74) is 1.26. The van der Waals surface area contributed by atoms with Gasteiger partial charge in [0.1, 0.15) is 0 Å². The molecule has 4 rings (SSSR count). The van der Waals surface area contributed by atoms with Crippen molar-refractivity contribution in [2.45, 2.75) is 70.4 Å². The molecule has 28 heavy (non-hydrogen) atoms. The summed E-state index contributed by atoms with van der Waals surface area (Å²) in [5.74, 6) is 1.06. The molecule has 2 saturated heterocycles. The van der Waals surface area contributed by atoms with Crippen molar-refractivity contribution >= 4 is 16.7 Å². The summed E-state index contributed by atoms with van der Waals surface area (Å²) in [6.07, 6.45) is 11.9. The summed E-state index contributed by atoms with van der Waals surface area (Å²) in [6, 6.07) is 9.39. The first-order valence-corrected chi connectivity index (χ1v) is 11.6. The second-order valence-electron chi connectivity index (χ2n) is 8.56. The van der Waals surface area contributed by atoms with E-state index in [1.54, 1.807) is 0 Å². The first-order valence-electron chi connectivity index (χ1n) is 11.6. The Labute approximate surface area is 169 Å². The molecule has 5 nitrogen and oxygen atoms in total. The van der Waals surface area contributed by atoms with Crippen molar-refractivity contribution in [3.05, 3.63) is 24.3 Å². The van der Waals surface area contributed by atoms with Crippen LogP contribution in [0.25, 0.3) is 10.9 Å². The molecule has 3 heterocycles. The number of hydrogen-bond donors (Lipinski definition) is 2. The molecule has 0 saturated carbocycles. The van der Waals surface area contributed by atoms with E-state index in [0.717, 1.165) is 24.9 Å². The van der Waals surface area contributed by atoms with Crippen LogP contribution in [0.2, 0.25) is 0 Å². The number of piperidine rings is 2. The average Bonchev–Trinajstić information content (AvgIpc) is 3.11. The van der Waals surface area contributed by atoms with Gasteiger partial charge in [-0.05, 0) is 83.3 Å². The number of para-hydroxylation sites is 1. The molecule has 1 unspecified atom stereocenters. The van der Waals surface area contributed by atoms with Crippen molar-refractivity contribution in [2.75, 3.05) is 38.0 Å². The number of aromatic nitrogens is 2. The van der Waals surface area contributed by atoms with Gasteiger partial charge in [0, 0.05) is 24.5 Å². The zero-order valence-corrected chi connectivity index (χ0v) is 17.3. The molecule has 1 aromatic heterocycles. The topological polar surface area (TPSA) is 45.1 Å². The van der Waals surface area contributed by atoms with E-state index < -0.39 is 0 Å². The summed E-state index contributed by atoms with van der Waals surface area (Å²) in [7, 11) is 0. The van der Waals surface area contributed by atoms with Crippen molar-refractivity contribution in [3.63, 3.8) is 0 Å². The minimum atomic E-state index is 0.722. The lowest BCUT2D eigenvalue weighted by molar-refractivity contribution is 0.222. The molecular formula is C23H37N5. The fourth-order valence-corrected chi connectivity index (χ4v) is 4.78. The minimum Gasteiger partial charge on any atom is -0.368 e. The Hall–Kier alpha value is -1.59. The van der Waals surface area contributed by atoms with Gasteiger partial charge in [0.25, 0.3) is 0 Å². The van der Waals surface area contributed by atoms with Crippen LogP contribution >= 0.6 is 0 Å². The molecule has 5 heteroatoms. The number of nitrogens with one attached hydrogen (secondary N) is 2. The maximum Gasteiger partial charge on any atom is 0.155 e. The molecule has 0 radical (unpaired) electrons. The molecule has 0 aliphatic carbocycles. The highest BCUT2D eigenvalue weighted by Gasteiger charge is 2.14. The Balaban J connectivity index is 1.29. The lowest BCUT2D eigenvalue weighted by Gasteiger charge is -2.26. The van der Waals surface area contributed by atoms with Crippen LogP contribution in [0.4, 0.5) is 5.82 Å². The van der Waals surface area contributed by atoms with E-state index in [-0.39, 0.29) is 0 Å². The molecular weight excluding hydrogens is 346 g/mol.